The lowest BCUT2D eigenvalue weighted by Crippen LogP contribution is -2.37. The van der Waals surface area contributed by atoms with Crippen molar-refractivity contribution in [2.45, 2.75) is 56.5 Å². The lowest BCUT2D eigenvalue weighted by atomic mass is 10.1. The number of carbonyl (C=O) groups is 1. The highest BCUT2D eigenvalue weighted by molar-refractivity contribution is 7.90. The molecule has 2 rings (SSSR count). The van der Waals surface area contributed by atoms with Crippen LogP contribution in [0, 0.1) is 0 Å². The fourth-order valence-corrected chi connectivity index (χ4v) is 3.82. The average Bonchev–Trinajstić information content (AvgIpc) is 2.82. The summed E-state index contributed by atoms with van der Waals surface area (Å²) in [6, 6.07) is 6.02. The third kappa shape index (κ3) is 5.69. The normalized spacial score (nSPS) is 18.3. The standard InChI is InChI=1S/C17H26N4O3S.ClH/c1-3-4-8-14(17(22)19-11-10-12(2)18)20-16-13-7-5-6-9-15(13)25(23,24)21-16;/h5-7,9,12,14H,3-4,8,10-11,18H2,1-2H3,(H,19,22)(H,20,21);1H. The van der Waals surface area contributed by atoms with E-state index in [0.29, 0.717) is 24.9 Å². The van der Waals surface area contributed by atoms with Crippen LogP contribution < -0.4 is 15.8 Å². The smallest absolute Gasteiger partial charge is 0.263 e. The Morgan fingerprint density at radius 3 is 2.65 bits per heavy atom. The number of rotatable bonds is 8. The highest BCUT2D eigenvalue weighted by Gasteiger charge is 2.31. The van der Waals surface area contributed by atoms with Crippen LogP contribution in [-0.4, -0.2) is 38.8 Å². The maximum Gasteiger partial charge on any atom is 0.263 e. The molecule has 4 N–H and O–H groups in total. The molecule has 1 aromatic rings. The largest absolute Gasteiger partial charge is 0.354 e. The van der Waals surface area contributed by atoms with Crippen molar-refractivity contribution in [3.05, 3.63) is 29.8 Å². The van der Waals surface area contributed by atoms with E-state index >= 15 is 0 Å². The first-order valence-corrected chi connectivity index (χ1v) is 10.1. The maximum atomic E-state index is 12.5. The predicted molar refractivity (Wildman–Crippen MR) is 105 cm³/mol. The lowest BCUT2D eigenvalue weighted by molar-refractivity contribution is -0.122. The zero-order valence-electron chi connectivity index (χ0n) is 15.1. The maximum absolute atomic E-state index is 12.5. The molecule has 2 atom stereocenters. The van der Waals surface area contributed by atoms with Crippen LogP contribution in [0.3, 0.4) is 0 Å². The Morgan fingerprint density at radius 2 is 2.00 bits per heavy atom. The van der Waals surface area contributed by atoms with Gasteiger partial charge in [0.2, 0.25) is 5.91 Å². The Hall–Kier alpha value is -1.64. The van der Waals surface area contributed by atoms with Crippen LogP contribution >= 0.6 is 12.4 Å². The van der Waals surface area contributed by atoms with E-state index in [4.69, 9.17) is 5.73 Å². The predicted octanol–water partition coefficient (Wildman–Crippen LogP) is 1.56. The molecule has 0 spiro atoms. The number of benzene rings is 1. The Balaban J connectivity index is 0.00000338. The van der Waals surface area contributed by atoms with Crippen LogP contribution in [0.4, 0.5) is 0 Å². The van der Waals surface area contributed by atoms with Gasteiger partial charge in [-0.2, -0.15) is 0 Å². The Labute approximate surface area is 161 Å². The summed E-state index contributed by atoms with van der Waals surface area (Å²) in [5, 5.41) is 2.84. The van der Waals surface area contributed by atoms with Crippen molar-refractivity contribution in [3.8, 4) is 0 Å². The lowest BCUT2D eigenvalue weighted by Gasteiger charge is -2.14. The monoisotopic (exact) mass is 402 g/mol. The van der Waals surface area contributed by atoms with E-state index in [9.17, 15) is 13.2 Å². The summed E-state index contributed by atoms with van der Waals surface area (Å²) in [5.74, 6) is 0.0317. The van der Waals surface area contributed by atoms with Gasteiger partial charge in [-0.3, -0.25) is 14.5 Å². The van der Waals surface area contributed by atoms with Crippen LogP contribution in [0.25, 0.3) is 0 Å². The Morgan fingerprint density at radius 1 is 1.31 bits per heavy atom. The number of nitrogens with two attached hydrogens (primary N) is 1. The van der Waals surface area contributed by atoms with E-state index in [2.05, 4.69) is 15.0 Å². The van der Waals surface area contributed by atoms with Gasteiger partial charge in [-0.1, -0.05) is 31.9 Å². The second-order valence-electron chi connectivity index (χ2n) is 6.29. The first-order valence-electron chi connectivity index (χ1n) is 8.58. The minimum Gasteiger partial charge on any atom is -0.354 e. The van der Waals surface area contributed by atoms with Gasteiger partial charge in [0.05, 0.1) is 4.90 Å². The number of nitrogens with one attached hydrogen (secondary N) is 2. The number of halogens is 1. The number of unbranched alkanes of at least 4 members (excludes halogenated alkanes) is 1. The molecule has 1 amide bonds. The minimum absolute atomic E-state index is 0. The first kappa shape index (κ1) is 22.4. The topological polar surface area (TPSA) is 114 Å². The molecule has 0 saturated heterocycles. The van der Waals surface area contributed by atoms with Gasteiger partial charge in [0.25, 0.3) is 10.0 Å². The Bertz CT molecular complexity index is 750. The van der Waals surface area contributed by atoms with Crippen molar-refractivity contribution < 1.29 is 13.2 Å². The molecule has 1 aromatic carbocycles. The average molecular weight is 403 g/mol. The van der Waals surface area contributed by atoms with Gasteiger partial charge in [0.1, 0.15) is 11.9 Å². The van der Waals surface area contributed by atoms with Gasteiger partial charge in [-0.05, 0) is 31.9 Å². The molecule has 0 aliphatic carbocycles. The zero-order valence-corrected chi connectivity index (χ0v) is 16.7. The molecule has 2 unspecified atom stereocenters. The van der Waals surface area contributed by atoms with E-state index in [1.165, 1.54) is 6.07 Å². The van der Waals surface area contributed by atoms with Crippen LogP contribution in [0.15, 0.2) is 34.2 Å². The molecule has 9 heteroatoms. The summed E-state index contributed by atoms with van der Waals surface area (Å²) < 4.78 is 26.8. The minimum atomic E-state index is -3.60. The summed E-state index contributed by atoms with van der Waals surface area (Å²) in [5.41, 5.74) is 6.20. The van der Waals surface area contributed by atoms with Crippen molar-refractivity contribution in [1.29, 1.82) is 0 Å². The summed E-state index contributed by atoms with van der Waals surface area (Å²) in [6.07, 6.45) is 3.00. The number of aliphatic imine (C=N–C) groups is 1. The van der Waals surface area contributed by atoms with E-state index in [-0.39, 0.29) is 35.1 Å². The second-order valence-corrected chi connectivity index (χ2v) is 7.95. The number of nitrogens with zero attached hydrogens (tertiary/aromatic N) is 1. The van der Waals surface area contributed by atoms with E-state index in [1.54, 1.807) is 18.2 Å². The van der Waals surface area contributed by atoms with Crippen molar-refractivity contribution in [2.24, 2.45) is 10.7 Å². The summed E-state index contributed by atoms with van der Waals surface area (Å²) in [7, 11) is -3.60. The van der Waals surface area contributed by atoms with Crippen molar-refractivity contribution >= 4 is 34.2 Å². The first-order chi connectivity index (χ1) is 11.8. The molecule has 0 fully saturated rings. The van der Waals surface area contributed by atoms with Crippen LogP contribution in [0.1, 0.15) is 45.1 Å². The van der Waals surface area contributed by atoms with Crippen LogP contribution in [0.5, 0.6) is 0 Å². The van der Waals surface area contributed by atoms with Crippen molar-refractivity contribution in [2.75, 3.05) is 6.54 Å². The quantitative estimate of drug-likeness (QED) is 0.612. The molecule has 1 aliphatic rings. The molecule has 26 heavy (non-hydrogen) atoms. The summed E-state index contributed by atoms with van der Waals surface area (Å²) in [4.78, 5) is 17.1. The number of amides is 1. The van der Waals surface area contributed by atoms with Gasteiger partial charge in [0.15, 0.2) is 0 Å². The van der Waals surface area contributed by atoms with Gasteiger partial charge in [-0.15, -0.1) is 12.4 Å². The molecule has 0 bridgehead atoms. The van der Waals surface area contributed by atoms with E-state index < -0.39 is 16.1 Å². The van der Waals surface area contributed by atoms with Crippen LogP contribution in [0.2, 0.25) is 0 Å². The number of hydrogen-bond acceptors (Lipinski definition) is 5. The summed E-state index contributed by atoms with van der Waals surface area (Å²) >= 11 is 0. The number of amidine groups is 1. The SMILES string of the molecule is CCCCC(N=C1NS(=O)(=O)c2ccccc21)C(=O)NCCC(C)N.Cl. The number of fused-ring (bicyclic) bond motifs is 1. The highest BCUT2D eigenvalue weighted by Crippen LogP contribution is 2.23. The molecule has 0 radical (unpaired) electrons. The van der Waals surface area contributed by atoms with Crippen LogP contribution in [-0.2, 0) is 14.8 Å². The number of hydrogen-bond donors (Lipinski definition) is 3. The van der Waals surface area contributed by atoms with Gasteiger partial charge in [-0.25, -0.2) is 8.42 Å². The fraction of sp³-hybridized carbons (Fsp3) is 0.529. The third-order valence-electron chi connectivity index (χ3n) is 3.98. The number of carbonyl (C=O) groups excluding carboxylic acids is 1. The molecule has 1 heterocycles. The van der Waals surface area contributed by atoms with Gasteiger partial charge >= 0.3 is 0 Å². The van der Waals surface area contributed by atoms with Crippen molar-refractivity contribution in [3.63, 3.8) is 0 Å². The zero-order chi connectivity index (χ0) is 18.4. The highest BCUT2D eigenvalue weighted by atomic mass is 35.5. The molecule has 1 aliphatic heterocycles. The third-order valence-corrected chi connectivity index (χ3v) is 5.38. The molecular weight excluding hydrogens is 376 g/mol. The van der Waals surface area contributed by atoms with Crippen molar-refractivity contribution in [1.82, 2.24) is 10.0 Å². The van der Waals surface area contributed by atoms with E-state index in [0.717, 1.165) is 12.8 Å². The molecule has 7 nitrogen and oxygen atoms in total. The Kier molecular flexibility index (Phi) is 8.52. The number of sulfonamides is 1. The molecule has 0 aromatic heterocycles. The molecule has 146 valence electrons. The van der Waals surface area contributed by atoms with Gasteiger partial charge in [0, 0.05) is 18.2 Å². The molecule has 0 saturated carbocycles. The summed E-state index contributed by atoms with van der Waals surface area (Å²) in [6.45, 7) is 4.39. The molecular formula is C17H27ClN4O3S. The van der Waals surface area contributed by atoms with Gasteiger partial charge < -0.3 is 11.1 Å². The van der Waals surface area contributed by atoms with E-state index in [1.807, 2.05) is 13.8 Å². The second kappa shape index (κ2) is 9.89. The fourth-order valence-electron chi connectivity index (χ4n) is 2.58.